The summed E-state index contributed by atoms with van der Waals surface area (Å²) in [6.45, 7) is 1.32. The number of hydrogen-bond donors (Lipinski definition) is 1. The van der Waals surface area contributed by atoms with Crippen molar-refractivity contribution in [2.75, 3.05) is 11.9 Å². The summed E-state index contributed by atoms with van der Waals surface area (Å²) in [7, 11) is -4.00. The lowest BCUT2D eigenvalue weighted by atomic mass is 10.2. The van der Waals surface area contributed by atoms with Gasteiger partial charge in [0.25, 0.3) is 0 Å². The minimum absolute atomic E-state index is 0.0711. The minimum atomic E-state index is -4.00. The van der Waals surface area contributed by atoms with E-state index in [0.717, 1.165) is 9.87 Å². The highest BCUT2D eigenvalue weighted by atomic mass is 35.5. The predicted molar refractivity (Wildman–Crippen MR) is 130 cm³/mol. The Balaban J connectivity index is 1.90. The average Bonchev–Trinajstić information content (AvgIpc) is 2.69. The van der Waals surface area contributed by atoms with Crippen LogP contribution in [0, 0.1) is 6.92 Å². The molecule has 1 amide bonds. The third-order valence-corrected chi connectivity index (χ3v) is 7.45. The van der Waals surface area contributed by atoms with Crippen LogP contribution in [0.1, 0.15) is 11.1 Å². The molecule has 0 aliphatic rings. The van der Waals surface area contributed by atoms with Crippen LogP contribution < -0.4 is 5.32 Å². The number of benzene rings is 3. The van der Waals surface area contributed by atoms with Gasteiger partial charge < -0.3 is 5.32 Å². The SMILES string of the molecule is Cc1ccc(S(=O)(=O)N(CC(=O)Nc2cc(Cl)cc(Cl)c2)Cc2ccc(Cl)c(Cl)c2)cc1. The first-order chi connectivity index (χ1) is 15.0. The van der Waals surface area contributed by atoms with Gasteiger partial charge in [-0.1, -0.05) is 70.2 Å². The quantitative estimate of drug-likeness (QED) is 0.381. The van der Waals surface area contributed by atoms with Crippen LogP contribution in [0.15, 0.2) is 65.6 Å². The van der Waals surface area contributed by atoms with E-state index in [2.05, 4.69) is 5.32 Å². The highest BCUT2D eigenvalue weighted by Crippen LogP contribution is 2.26. The number of amides is 1. The van der Waals surface area contributed by atoms with Crippen LogP contribution in [0.5, 0.6) is 0 Å². The molecular weight excluding hydrogens is 514 g/mol. The topological polar surface area (TPSA) is 66.5 Å². The summed E-state index contributed by atoms with van der Waals surface area (Å²) in [5, 5.41) is 3.95. The zero-order chi connectivity index (χ0) is 23.5. The minimum Gasteiger partial charge on any atom is -0.325 e. The van der Waals surface area contributed by atoms with Crippen molar-refractivity contribution in [3.05, 3.63) is 91.9 Å². The summed E-state index contributed by atoms with van der Waals surface area (Å²) in [4.78, 5) is 12.8. The smallest absolute Gasteiger partial charge is 0.243 e. The number of nitrogens with zero attached hydrogens (tertiary/aromatic N) is 1. The van der Waals surface area contributed by atoms with Gasteiger partial charge in [0.15, 0.2) is 0 Å². The molecule has 0 heterocycles. The van der Waals surface area contributed by atoms with Gasteiger partial charge in [-0.3, -0.25) is 4.79 Å². The Kier molecular flexibility index (Phi) is 8.09. The molecule has 5 nitrogen and oxygen atoms in total. The third kappa shape index (κ3) is 6.38. The Morgan fingerprint density at radius 3 is 2.09 bits per heavy atom. The molecule has 3 aromatic rings. The van der Waals surface area contributed by atoms with Crippen LogP contribution in [0.3, 0.4) is 0 Å². The molecule has 3 aromatic carbocycles. The van der Waals surface area contributed by atoms with E-state index in [-0.39, 0.29) is 16.5 Å². The van der Waals surface area contributed by atoms with Crippen molar-refractivity contribution >= 4 is 68.0 Å². The molecule has 0 aromatic heterocycles. The number of halogens is 4. The Labute approximate surface area is 206 Å². The van der Waals surface area contributed by atoms with Crippen LogP contribution in [-0.2, 0) is 21.4 Å². The molecular formula is C22H18Cl4N2O3S. The maximum Gasteiger partial charge on any atom is 0.243 e. The lowest BCUT2D eigenvalue weighted by molar-refractivity contribution is -0.116. The van der Waals surface area contributed by atoms with E-state index in [1.165, 1.54) is 30.3 Å². The summed E-state index contributed by atoms with van der Waals surface area (Å²) < 4.78 is 27.7. The van der Waals surface area contributed by atoms with Crippen molar-refractivity contribution in [2.45, 2.75) is 18.4 Å². The van der Waals surface area contributed by atoms with Gasteiger partial charge in [-0.15, -0.1) is 0 Å². The van der Waals surface area contributed by atoms with Crippen molar-refractivity contribution in [3.8, 4) is 0 Å². The van der Waals surface area contributed by atoms with E-state index >= 15 is 0 Å². The van der Waals surface area contributed by atoms with E-state index in [1.807, 2.05) is 6.92 Å². The van der Waals surface area contributed by atoms with Gasteiger partial charge in [-0.2, -0.15) is 4.31 Å². The molecule has 0 saturated carbocycles. The van der Waals surface area contributed by atoms with Crippen molar-refractivity contribution in [3.63, 3.8) is 0 Å². The second kappa shape index (κ2) is 10.4. The number of carbonyl (C=O) groups is 1. The van der Waals surface area contributed by atoms with Crippen molar-refractivity contribution in [1.29, 1.82) is 0 Å². The molecule has 0 saturated heterocycles. The zero-order valence-electron chi connectivity index (χ0n) is 16.8. The summed E-state index contributed by atoms with van der Waals surface area (Å²) in [6.07, 6.45) is 0. The Hall–Kier alpha value is -1.80. The predicted octanol–water partition coefficient (Wildman–Crippen LogP) is 6.44. The van der Waals surface area contributed by atoms with Crippen molar-refractivity contribution in [2.24, 2.45) is 0 Å². The Morgan fingerprint density at radius 2 is 1.50 bits per heavy atom. The van der Waals surface area contributed by atoms with Crippen molar-refractivity contribution in [1.82, 2.24) is 4.31 Å². The summed E-state index contributed by atoms with van der Waals surface area (Å²) >= 11 is 24.0. The maximum absolute atomic E-state index is 13.3. The highest BCUT2D eigenvalue weighted by Gasteiger charge is 2.27. The molecule has 168 valence electrons. The molecule has 0 spiro atoms. The standard InChI is InChI=1S/C22H18Cl4N2O3S/c1-14-2-5-19(6-3-14)32(30,31)28(12-15-4-7-20(25)21(26)8-15)13-22(29)27-18-10-16(23)9-17(24)11-18/h2-11H,12-13H2,1H3,(H,27,29). The molecule has 10 heteroatoms. The van der Waals surface area contributed by atoms with Gasteiger partial charge in [0, 0.05) is 22.3 Å². The number of carbonyl (C=O) groups excluding carboxylic acids is 1. The summed E-state index contributed by atoms with van der Waals surface area (Å²) in [6, 6.07) is 15.7. The molecule has 0 atom stereocenters. The van der Waals surface area contributed by atoms with E-state index < -0.39 is 22.5 Å². The Bertz CT molecular complexity index is 1230. The van der Waals surface area contributed by atoms with Gasteiger partial charge in [-0.05, 0) is 55.0 Å². The normalized spacial score (nSPS) is 11.6. The molecule has 1 N–H and O–H groups in total. The van der Waals surface area contributed by atoms with Gasteiger partial charge in [-0.25, -0.2) is 8.42 Å². The monoisotopic (exact) mass is 530 g/mol. The van der Waals surface area contributed by atoms with Gasteiger partial charge in [0.1, 0.15) is 0 Å². The van der Waals surface area contributed by atoms with E-state index in [1.54, 1.807) is 30.3 Å². The maximum atomic E-state index is 13.3. The fraction of sp³-hybridized carbons (Fsp3) is 0.136. The first-order valence-corrected chi connectivity index (χ1v) is 12.3. The van der Waals surface area contributed by atoms with Crippen LogP contribution in [-0.4, -0.2) is 25.2 Å². The molecule has 0 bridgehead atoms. The Morgan fingerprint density at radius 1 is 0.875 bits per heavy atom. The van der Waals surface area contributed by atoms with Crippen LogP contribution in [0.25, 0.3) is 0 Å². The van der Waals surface area contributed by atoms with Gasteiger partial charge in [0.2, 0.25) is 15.9 Å². The lowest BCUT2D eigenvalue weighted by Gasteiger charge is -2.22. The largest absolute Gasteiger partial charge is 0.325 e. The first-order valence-electron chi connectivity index (χ1n) is 9.31. The lowest BCUT2D eigenvalue weighted by Crippen LogP contribution is -2.37. The summed E-state index contributed by atoms with van der Waals surface area (Å²) in [5.41, 5.74) is 1.85. The molecule has 32 heavy (non-hydrogen) atoms. The second-order valence-corrected chi connectivity index (χ2v) is 10.7. The molecule has 0 radical (unpaired) electrons. The number of aryl methyl sites for hydroxylation is 1. The molecule has 0 aliphatic carbocycles. The second-order valence-electron chi connectivity index (χ2n) is 7.04. The van der Waals surface area contributed by atoms with Crippen LogP contribution >= 0.6 is 46.4 Å². The zero-order valence-corrected chi connectivity index (χ0v) is 20.6. The van der Waals surface area contributed by atoms with Crippen LogP contribution in [0.4, 0.5) is 5.69 Å². The van der Waals surface area contributed by atoms with E-state index in [9.17, 15) is 13.2 Å². The molecule has 0 aliphatic heterocycles. The number of anilines is 1. The van der Waals surface area contributed by atoms with Gasteiger partial charge in [0.05, 0.1) is 21.5 Å². The molecule has 3 rings (SSSR count). The number of sulfonamides is 1. The fourth-order valence-electron chi connectivity index (χ4n) is 2.91. The summed E-state index contributed by atoms with van der Waals surface area (Å²) in [5.74, 6) is -0.556. The van der Waals surface area contributed by atoms with Crippen molar-refractivity contribution < 1.29 is 13.2 Å². The number of nitrogens with one attached hydrogen (secondary N) is 1. The third-order valence-electron chi connectivity index (χ3n) is 4.47. The highest BCUT2D eigenvalue weighted by molar-refractivity contribution is 7.89. The fourth-order valence-corrected chi connectivity index (χ4v) is 5.14. The molecule has 0 unspecified atom stereocenters. The van der Waals surface area contributed by atoms with Gasteiger partial charge >= 0.3 is 0 Å². The average molecular weight is 532 g/mol. The number of hydrogen-bond acceptors (Lipinski definition) is 3. The van der Waals surface area contributed by atoms with Crippen LogP contribution in [0.2, 0.25) is 20.1 Å². The number of rotatable bonds is 7. The van der Waals surface area contributed by atoms with E-state index in [0.29, 0.717) is 26.3 Å². The molecule has 0 fully saturated rings. The van der Waals surface area contributed by atoms with E-state index in [4.69, 9.17) is 46.4 Å². The first kappa shape index (κ1) is 24.8.